The van der Waals surface area contributed by atoms with Gasteiger partial charge in [0.15, 0.2) is 0 Å². The van der Waals surface area contributed by atoms with Gasteiger partial charge in [-0.2, -0.15) is 0 Å². The van der Waals surface area contributed by atoms with Crippen LogP contribution in [-0.2, 0) is 6.54 Å². The van der Waals surface area contributed by atoms with Crippen molar-refractivity contribution in [3.05, 3.63) is 43.8 Å². The van der Waals surface area contributed by atoms with E-state index in [9.17, 15) is 4.79 Å². The maximum Gasteiger partial charge on any atom is 0.262 e. The van der Waals surface area contributed by atoms with Gasteiger partial charge in [-0.1, -0.05) is 11.8 Å². The Hall–Kier alpha value is -1.61. The topological polar surface area (TPSA) is 55.1 Å². The molecule has 98 valence electrons. The van der Waals surface area contributed by atoms with Gasteiger partial charge in [0.1, 0.15) is 4.88 Å². The second-order valence-corrected chi connectivity index (χ2v) is 5.80. The zero-order chi connectivity index (χ0) is 13.7. The molecule has 2 heterocycles. The van der Waals surface area contributed by atoms with Crippen LogP contribution in [0.5, 0.6) is 0 Å². The van der Waals surface area contributed by atoms with Crippen molar-refractivity contribution < 1.29 is 4.79 Å². The zero-order valence-corrected chi connectivity index (χ0v) is 12.2. The molecule has 2 aromatic heterocycles. The lowest BCUT2D eigenvalue weighted by atomic mass is 10.2. The molecule has 0 radical (unpaired) electrons. The zero-order valence-electron chi connectivity index (χ0n) is 10.5. The number of nitrogens with one attached hydrogen (secondary N) is 1. The largest absolute Gasteiger partial charge is 0.346 e. The summed E-state index contributed by atoms with van der Waals surface area (Å²) >= 11 is 3.05. The first kappa shape index (κ1) is 13.8. The Morgan fingerprint density at radius 2 is 2.16 bits per heavy atom. The Balaban J connectivity index is 2.04. The van der Waals surface area contributed by atoms with Gasteiger partial charge in [-0.25, -0.2) is 0 Å². The summed E-state index contributed by atoms with van der Waals surface area (Å²) in [6.07, 6.45) is 0. The lowest BCUT2D eigenvalue weighted by Crippen LogP contribution is -2.22. The third-order valence-electron chi connectivity index (χ3n) is 2.57. The Kier molecular flexibility index (Phi) is 4.74. The van der Waals surface area contributed by atoms with Crippen molar-refractivity contribution in [1.82, 2.24) is 5.32 Å². The van der Waals surface area contributed by atoms with Crippen LogP contribution in [0, 0.1) is 18.8 Å². The minimum Gasteiger partial charge on any atom is -0.346 e. The monoisotopic (exact) mass is 290 g/mol. The van der Waals surface area contributed by atoms with Crippen LogP contribution in [0.1, 0.15) is 25.7 Å². The molecule has 0 unspecified atom stereocenters. The van der Waals surface area contributed by atoms with Gasteiger partial charge < -0.3 is 11.1 Å². The van der Waals surface area contributed by atoms with Crippen molar-refractivity contribution in [3.8, 4) is 11.8 Å². The fourth-order valence-corrected chi connectivity index (χ4v) is 3.17. The van der Waals surface area contributed by atoms with Gasteiger partial charge in [0.05, 0.1) is 13.1 Å². The first-order valence-corrected chi connectivity index (χ1v) is 7.56. The SMILES string of the molecule is Cc1ccsc1CNC(=O)c1sccc1C#CCN. The predicted octanol–water partition coefficient (Wildman–Crippen LogP) is 2.36. The Morgan fingerprint density at radius 1 is 1.37 bits per heavy atom. The molecule has 0 bridgehead atoms. The van der Waals surface area contributed by atoms with E-state index in [1.807, 2.05) is 23.8 Å². The van der Waals surface area contributed by atoms with Crippen LogP contribution in [0.2, 0.25) is 0 Å². The van der Waals surface area contributed by atoms with Crippen molar-refractivity contribution >= 4 is 28.6 Å². The first-order chi connectivity index (χ1) is 9.22. The summed E-state index contributed by atoms with van der Waals surface area (Å²) < 4.78 is 0. The molecule has 0 aliphatic heterocycles. The molecule has 0 saturated carbocycles. The van der Waals surface area contributed by atoms with Gasteiger partial charge in [-0.05, 0) is 35.4 Å². The summed E-state index contributed by atoms with van der Waals surface area (Å²) in [4.78, 5) is 13.9. The van der Waals surface area contributed by atoms with Gasteiger partial charge >= 0.3 is 0 Å². The molecule has 0 aliphatic carbocycles. The fraction of sp³-hybridized carbons (Fsp3) is 0.214. The number of amides is 1. The van der Waals surface area contributed by atoms with Gasteiger partial charge in [0, 0.05) is 10.4 Å². The highest BCUT2D eigenvalue weighted by Crippen LogP contribution is 2.18. The molecule has 0 fully saturated rings. The standard InChI is InChI=1S/C14H14N2OS2/c1-10-4-7-18-12(10)9-16-14(17)13-11(3-2-6-15)5-8-19-13/h4-5,7-8H,6,9,15H2,1H3,(H,16,17). The summed E-state index contributed by atoms with van der Waals surface area (Å²) in [7, 11) is 0. The van der Waals surface area contributed by atoms with Crippen LogP contribution < -0.4 is 11.1 Å². The number of thiophene rings is 2. The molecule has 0 atom stereocenters. The second kappa shape index (κ2) is 6.53. The Bertz CT molecular complexity index is 631. The van der Waals surface area contributed by atoms with E-state index in [1.54, 1.807) is 11.3 Å². The molecule has 2 rings (SSSR count). The van der Waals surface area contributed by atoms with Crippen molar-refractivity contribution in [1.29, 1.82) is 0 Å². The summed E-state index contributed by atoms with van der Waals surface area (Å²) in [5, 5.41) is 6.82. The summed E-state index contributed by atoms with van der Waals surface area (Å²) in [6, 6.07) is 3.90. The van der Waals surface area contributed by atoms with E-state index < -0.39 is 0 Å². The quantitative estimate of drug-likeness (QED) is 0.853. The second-order valence-electron chi connectivity index (χ2n) is 3.88. The number of hydrogen-bond acceptors (Lipinski definition) is 4. The molecule has 0 aliphatic rings. The highest BCUT2D eigenvalue weighted by molar-refractivity contribution is 7.12. The maximum absolute atomic E-state index is 12.1. The predicted molar refractivity (Wildman–Crippen MR) is 80.5 cm³/mol. The van der Waals surface area contributed by atoms with Crippen molar-refractivity contribution in [2.75, 3.05) is 6.54 Å². The van der Waals surface area contributed by atoms with E-state index in [0.717, 1.165) is 5.56 Å². The molecular formula is C14H14N2OS2. The summed E-state index contributed by atoms with van der Waals surface area (Å²) in [5.74, 6) is 5.61. The number of carbonyl (C=O) groups excluding carboxylic acids is 1. The van der Waals surface area contributed by atoms with Crippen molar-refractivity contribution in [3.63, 3.8) is 0 Å². The third-order valence-corrected chi connectivity index (χ3v) is 4.51. The van der Waals surface area contributed by atoms with Crippen LogP contribution in [0.25, 0.3) is 0 Å². The highest BCUT2D eigenvalue weighted by Gasteiger charge is 2.12. The number of aryl methyl sites for hydroxylation is 1. The average molecular weight is 290 g/mol. The molecule has 5 heteroatoms. The molecular weight excluding hydrogens is 276 g/mol. The van der Waals surface area contributed by atoms with Crippen molar-refractivity contribution in [2.45, 2.75) is 13.5 Å². The Labute approximate surface area is 120 Å². The van der Waals surface area contributed by atoms with Gasteiger partial charge in [-0.3, -0.25) is 4.79 Å². The van der Waals surface area contributed by atoms with Gasteiger partial charge in [0.25, 0.3) is 5.91 Å². The lowest BCUT2D eigenvalue weighted by Gasteiger charge is -2.03. The number of rotatable bonds is 3. The third kappa shape index (κ3) is 3.44. The van der Waals surface area contributed by atoms with Gasteiger partial charge in [0.2, 0.25) is 0 Å². The average Bonchev–Trinajstić information content (AvgIpc) is 3.02. The van der Waals surface area contributed by atoms with E-state index in [2.05, 4.69) is 23.2 Å². The van der Waals surface area contributed by atoms with Crippen LogP contribution in [0.3, 0.4) is 0 Å². The molecule has 2 aromatic rings. The molecule has 0 saturated heterocycles. The van der Waals surface area contributed by atoms with E-state index in [1.165, 1.54) is 21.8 Å². The van der Waals surface area contributed by atoms with Crippen molar-refractivity contribution in [2.24, 2.45) is 5.73 Å². The van der Waals surface area contributed by atoms with Crippen LogP contribution in [-0.4, -0.2) is 12.5 Å². The van der Waals surface area contributed by atoms with Crippen LogP contribution in [0.4, 0.5) is 0 Å². The summed E-state index contributed by atoms with van der Waals surface area (Å²) in [5.41, 5.74) is 7.30. The molecule has 3 nitrogen and oxygen atoms in total. The molecule has 0 spiro atoms. The normalized spacial score (nSPS) is 9.79. The van der Waals surface area contributed by atoms with Crippen LogP contribution in [0.15, 0.2) is 22.9 Å². The molecule has 1 amide bonds. The first-order valence-electron chi connectivity index (χ1n) is 5.80. The van der Waals surface area contributed by atoms with E-state index in [-0.39, 0.29) is 5.91 Å². The molecule has 19 heavy (non-hydrogen) atoms. The highest BCUT2D eigenvalue weighted by atomic mass is 32.1. The number of carbonyl (C=O) groups is 1. The minimum atomic E-state index is -0.0795. The minimum absolute atomic E-state index is 0.0795. The van der Waals surface area contributed by atoms with Gasteiger partial charge in [-0.15, -0.1) is 22.7 Å². The smallest absolute Gasteiger partial charge is 0.262 e. The summed E-state index contributed by atoms with van der Waals surface area (Å²) in [6.45, 7) is 2.90. The Morgan fingerprint density at radius 3 is 2.84 bits per heavy atom. The number of hydrogen-bond donors (Lipinski definition) is 2. The fourth-order valence-electron chi connectivity index (χ4n) is 1.56. The van der Waals surface area contributed by atoms with E-state index in [4.69, 9.17) is 5.73 Å². The van der Waals surface area contributed by atoms with E-state index >= 15 is 0 Å². The maximum atomic E-state index is 12.1. The number of nitrogens with two attached hydrogens (primary N) is 1. The molecule has 0 aromatic carbocycles. The van der Waals surface area contributed by atoms with E-state index in [0.29, 0.717) is 18.0 Å². The lowest BCUT2D eigenvalue weighted by molar-refractivity contribution is 0.0955. The van der Waals surface area contributed by atoms with Crippen LogP contribution >= 0.6 is 22.7 Å². The molecule has 3 N–H and O–H groups in total.